The minimum atomic E-state index is 0.612. The molecule has 10 rings (SSSR count). The Bertz CT molecular complexity index is 2800. The first-order chi connectivity index (χ1) is 25.3. The Morgan fingerprint density at radius 2 is 1.06 bits per heavy atom. The van der Waals surface area contributed by atoms with Gasteiger partial charge in [0, 0.05) is 27.5 Å². The molecule has 4 nitrogen and oxygen atoms in total. The largest absolute Gasteiger partial charge is 0.456 e. The molecule has 0 bridgehead atoms. The Hall–Kier alpha value is -6.65. The van der Waals surface area contributed by atoms with Gasteiger partial charge in [0.25, 0.3) is 0 Å². The van der Waals surface area contributed by atoms with Crippen molar-refractivity contribution >= 4 is 38.8 Å². The van der Waals surface area contributed by atoms with Crippen LogP contribution in [0.1, 0.15) is 17.5 Å². The first-order valence-electron chi connectivity index (χ1n) is 17.4. The predicted octanol–water partition coefficient (Wildman–Crippen LogP) is 12.2. The van der Waals surface area contributed by atoms with E-state index in [1.807, 2.05) is 36.4 Å². The topological polar surface area (TPSA) is 51.8 Å². The Balaban J connectivity index is 1.22. The fraction of sp³-hybridized carbons (Fsp3) is 0.0426. The Morgan fingerprint density at radius 3 is 1.84 bits per heavy atom. The number of furan rings is 1. The highest BCUT2D eigenvalue weighted by atomic mass is 16.3. The molecule has 0 saturated heterocycles. The van der Waals surface area contributed by atoms with Gasteiger partial charge < -0.3 is 4.42 Å². The van der Waals surface area contributed by atoms with Crippen LogP contribution in [0, 0.1) is 0 Å². The van der Waals surface area contributed by atoms with Crippen LogP contribution in [-0.4, -0.2) is 15.0 Å². The molecule has 0 unspecified atom stereocenters. The van der Waals surface area contributed by atoms with Crippen molar-refractivity contribution in [2.24, 2.45) is 0 Å². The number of benzene rings is 7. The smallest absolute Gasteiger partial charge is 0.164 e. The Labute approximate surface area is 295 Å². The van der Waals surface area contributed by atoms with Crippen LogP contribution in [0.15, 0.2) is 162 Å². The molecule has 0 spiro atoms. The molecular weight excluding hydrogens is 623 g/mol. The van der Waals surface area contributed by atoms with Crippen LogP contribution in [0.4, 0.5) is 0 Å². The molecule has 2 aromatic heterocycles. The van der Waals surface area contributed by atoms with Crippen LogP contribution in [0.25, 0.3) is 95.2 Å². The van der Waals surface area contributed by atoms with Crippen LogP contribution < -0.4 is 0 Å². The first kappa shape index (κ1) is 29.3. The van der Waals surface area contributed by atoms with E-state index in [1.165, 1.54) is 33.0 Å². The van der Waals surface area contributed by atoms with Crippen LogP contribution in [0.5, 0.6) is 0 Å². The van der Waals surface area contributed by atoms with Crippen molar-refractivity contribution < 1.29 is 4.42 Å². The third kappa shape index (κ3) is 5.03. The monoisotopic (exact) mass is 653 g/mol. The van der Waals surface area contributed by atoms with Crippen molar-refractivity contribution in [2.45, 2.75) is 12.8 Å². The van der Waals surface area contributed by atoms with E-state index in [9.17, 15) is 0 Å². The highest BCUT2D eigenvalue weighted by Crippen LogP contribution is 2.42. The number of fused-ring (bicyclic) bond motifs is 5. The van der Waals surface area contributed by atoms with Gasteiger partial charge in [-0.25, -0.2) is 15.0 Å². The van der Waals surface area contributed by atoms with Crippen molar-refractivity contribution in [3.05, 3.63) is 169 Å². The van der Waals surface area contributed by atoms with Crippen LogP contribution in [0.2, 0.25) is 0 Å². The first-order valence-corrected chi connectivity index (χ1v) is 17.4. The van der Waals surface area contributed by atoms with Crippen molar-refractivity contribution in [1.82, 2.24) is 15.0 Å². The summed E-state index contributed by atoms with van der Waals surface area (Å²) in [6.07, 6.45) is 6.47. The SMILES string of the molecule is C1=Cc2c(-c3nc(-c4ccccc4)nc(-c4cccc5oc6cccc(-c7ccc8ccccc8c7)c6c45)n3)ccc(-c3ccccc3)c2CC1. The lowest BCUT2D eigenvalue weighted by atomic mass is 9.86. The summed E-state index contributed by atoms with van der Waals surface area (Å²) in [5, 5.41) is 4.46. The molecule has 0 N–H and O–H groups in total. The van der Waals surface area contributed by atoms with Gasteiger partial charge in [0.05, 0.1) is 0 Å². The lowest BCUT2D eigenvalue weighted by molar-refractivity contribution is 0.669. The number of hydrogen-bond acceptors (Lipinski definition) is 4. The lowest BCUT2D eigenvalue weighted by Crippen LogP contribution is -2.05. The number of hydrogen-bond donors (Lipinski definition) is 0. The van der Waals surface area contributed by atoms with E-state index in [1.54, 1.807) is 0 Å². The normalized spacial score (nSPS) is 12.5. The molecule has 0 amide bonds. The summed E-state index contributed by atoms with van der Waals surface area (Å²) in [5.41, 5.74) is 11.7. The van der Waals surface area contributed by atoms with Gasteiger partial charge in [0.15, 0.2) is 17.5 Å². The molecular formula is C47H31N3O. The molecule has 240 valence electrons. The fourth-order valence-corrected chi connectivity index (χ4v) is 7.62. The zero-order valence-electron chi connectivity index (χ0n) is 27.8. The van der Waals surface area contributed by atoms with Gasteiger partial charge >= 0.3 is 0 Å². The summed E-state index contributed by atoms with van der Waals surface area (Å²) in [6, 6.07) is 52.8. The minimum Gasteiger partial charge on any atom is -0.456 e. The molecule has 0 radical (unpaired) electrons. The van der Waals surface area contributed by atoms with Gasteiger partial charge in [-0.1, -0.05) is 140 Å². The van der Waals surface area contributed by atoms with Crippen LogP contribution in [0.3, 0.4) is 0 Å². The summed E-state index contributed by atoms with van der Waals surface area (Å²) in [5.74, 6) is 1.90. The molecule has 0 atom stereocenters. The van der Waals surface area contributed by atoms with E-state index in [0.717, 1.165) is 62.6 Å². The van der Waals surface area contributed by atoms with Gasteiger partial charge in [0.2, 0.25) is 0 Å². The Kier molecular flexibility index (Phi) is 6.91. The van der Waals surface area contributed by atoms with E-state index in [0.29, 0.717) is 17.5 Å². The van der Waals surface area contributed by atoms with Gasteiger partial charge in [-0.3, -0.25) is 0 Å². The molecule has 2 heterocycles. The molecule has 1 aliphatic carbocycles. The van der Waals surface area contributed by atoms with Crippen LogP contribution >= 0.6 is 0 Å². The molecule has 7 aromatic carbocycles. The van der Waals surface area contributed by atoms with Gasteiger partial charge in [-0.05, 0) is 81.3 Å². The summed E-state index contributed by atoms with van der Waals surface area (Å²) >= 11 is 0. The Morgan fingerprint density at radius 1 is 0.431 bits per heavy atom. The second-order valence-electron chi connectivity index (χ2n) is 13.1. The standard InChI is InChI=1S/C47H31N3O/c1-3-14-31(15-4-1)35-27-28-39(38-20-10-9-19-37(35)38)46-48-45(32-16-5-2-6-17-32)49-47(50-46)40-22-12-24-42-44(40)43-36(21-11-23-41(43)51-42)34-26-25-30-13-7-8-18-33(30)29-34/h1-8,10-18,20-29H,9,19H2. The maximum absolute atomic E-state index is 6.54. The third-order valence-electron chi connectivity index (χ3n) is 10.0. The average Bonchev–Trinajstić information content (AvgIpc) is 3.60. The van der Waals surface area contributed by atoms with Crippen LogP contribution in [-0.2, 0) is 6.42 Å². The third-order valence-corrected chi connectivity index (χ3v) is 10.0. The molecule has 0 fully saturated rings. The van der Waals surface area contributed by atoms with Gasteiger partial charge in [0.1, 0.15) is 11.2 Å². The van der Waals surface area contributed by atoms with Gasteiger partial charge in [-0.2, -0.15) is 0 Å². The maximum atomic E-state index is 6.54. The molecule has 0 aliphatic heterocycles. The number of aromatic nitrogens is 3. The maximum Gasteiger partial charge on any atom is 0.164 e. The lowest BCUT2D eigenvalue weighted by Gasteiger charge is -2.19. The summed E-state index contributed by atoms with van der Waals surface area (Å²) in [6.45, 7) is 0. The summed E-state index contributed by atoms with van der Waals surface area (Å²) < 4.78 is 6.54. The van der Waals surface area contributed by atoms with E-state index in [4.69, 9.17) is 19.4 Å². The molecule has 51 heavy (non-hydrogen) atoms. The molecule has 0 saturated carbocycles. The van der Waals surface area contributed by atoms with E-state index >= 15 is 0 Å². The highest BCUT2D eigenvalue weighted by molar-refractivity contribution is 6.17. The second kappa shape index (κ2) is 12.0. The quantitative estimate of drug-likeness (QED) is 0.185. The number of allylic oxidation sites excluding steroid dienone is 1. The zero-order chi connectivity index (χ0) is 33.7. The molecule has 9 aromatic rings. The molecule has 1 aliphatic rings. The number of nitrogens with zero attached hydrogens (tertiary/aromatic N) is 3. The average molecular weight is 654 g/mol. The summed E-state index contributed by atoms with van der Waals surface area (Å²) in [7, 11) is 0. The van der Waals surface area contributed by atoms with E-state index in [2.05, 4.69) is 127 Å². The molecule has 4 heteroatoms. The van der Waals surface area contributed by atoms with Crippen molar-refractivity contribution in [3.63, 3.8) is 0 Å². The van der Waals surface area contributed by atoms with Crippen molar-refractivity contribution in [2.75, 3.05) is 0 Å². The van der Waals surface area contributed by atoms with Crippen molar-refractivity contribution in [3.8, 4) is 56.4 Å². The van der Waals surface area contributed by atoms with Crippen molar-refractivity contribution in [1.29, 1.82) is 0 Å². The fourth-order valence-electron chi connectivity index (χ4n) is 7.62. The summed E-state index contributed by atoms with van der Waals surface area (Å²) in [4.78, 5) is 15.6. The van der Waals surface area contributed by atoms with E-state index in [-0.39, 0.29) is 0 Å². The van der Waals surface area contributed by atoms with E-state index < -0.39 is 0 Å². The predicted molar refractivity (Wildman–Crippen MR) is 209 cm³/mol. The second-order valence-corrected chi connectivity index (χ2v) is 13.1. The number of rotatable bonds is 5. The zero-order valence-corrected chi connectivity index (χ0v) is 27.8. The minimum absolute atomic E-state index is 0.612. The van der Waals surface area contributed by atoms with Gasteiger partial charge in [-0.15, -0.1) is 0 Å². The highest BCUT2D eigenvalue weighted by Gasteiger charge is 2.22.